The zero-order valence-electron chi connectivity index (χ0n) is 11.1. The molecule has 0 heterocycles. The Morgan fingerprint density at radius 1 is 1.29 bits per heavy atom. The van der Waals surface area contributed by atoms with Crippen LogP contribution in [0.2, 0.25) is 0 Å². The quantitative estimate of drug-likeness (QED) is 0.524. The van der Waals surface area contributed by atoms with Crippen molar-refractivity contribution in [3.8, 4) is 0 Å². The summed E-state index contributed by atoms with van der Waals surface area (Å²) in [7, 11) is 0.970. The van der Waals surface area contributed by atoms with Gasteiger partial charge in [-0.25, -0.2) is 0 Å². The van der Waals surface area contributed by atoms with Crippen LogP contribution in [-0.2, 0) is 4.57 Å². The molecule has 102 valence electrons. The predicted octanol–water partition coefficient (Wildman–Crippen LogP) is 0.995. The van der Waals surface area contributed by atoms with Crippen molar-refractivity contribution >= 4 is 7.60 Å². The van der Waals surface area contributed by atoms with E-state index in [4.69, 9.17) is 0 Å². The maximum absolute atomic E-state index is 11.7. The molecule has 0 saturated heterocycles. The zero-order chi connectivity index (χ0) is 13.5. The first-order chi connectivity index (χ1) is 7.47. The Balaban J connectivity index is 3.06. The van der Waals surface area contributed by atoms with Crippen LogP contribution in [-0.4, -0.2) is 52.4 Å². The van der Waals surface area contributed by atoms with Crippen molar-refractivity contribution in [1.29, 1.82) is 0 Å². The molecule has 0 spiro atoms. The van der Waals surface area contributed by atoms with Crippen molar-refractivity contribution < 1.29 is 23.9 Å². The second kappa shape index (κ2) is 4.63. The van der Waals surface area contributed by atoms with Crippen molar-refractivity contribution in [2.24, 2.45) is 11.8 Å². The molecule has 17 heavy (non-hydrogen) atoms. The van der Waals surface area contributed by atoms with E-state index in [2.05, 4.69) is 0 Å². The van der Waals surface area contributed by atoms with Crippen molar-refractivity contribution in [3.05, 3.63) is 0 Å². The smallest absolute Gasteiger partial charge is 0.363 e. The largest absolute Gasteiger partial charge is 0.373 e. The lowest BCUT2D eigenvalue weighted by Gasteiger charge is -2.40. The van der Waals surface area contributed by atoms with E-state index in [-0.39, 0.29) is 18.4 Å². The number of hydrogen-bond acceptors (Lipinski definition) is 2. The van der Waals surface area contributed by atoms with Gasteiger partial charge >= 0.3 is 7.60 Å². The number of rotatable bonds is 4. The minimum absolute atomic E-state index is 0.0757. The molecule has 0 radical (unpaired) electrons. The highest BCUT2D eigenvalue weighted by Crippen LogP contribution is 2.58. The first-order valence-corrected chi connectivity index (χ1v) is 7.67. The van der Waals surface area contributed by atoms with Gasteiger partial charge in [0.25, 0.3) is 0 Å². The van der Waals surface area contributed by atoms with Crippen LogP contribution in [0.4, 0.5) is 0 Å². The highest BCUT2D eigenvalue weighted by molar-refractivity contribution is 7.53. The molecule has 0 aliphatic heterocycles. The first-order valence-electron chi connectivity index (χ1n) is 6.06. The summed E-state index contributed by atoms with van der Waals surface area (Å²) < 4.78 is 12.0. The molecule has 0 aromatic carbocycles. The minimum atomic E-state index is -4.53. The lowest BCUT2D eigenvalue weighted by molar-refractivity contribution is -0.875. The lowest BCUT2D eigenvalue weighted by Crippen LogP contribution is -2.53. The zero-order valence-corrected chi connectivity index (χ0v) is 12.0. The Morgan fingerprint density at radius 2 is 1.82 bits per heavy atom. The number of likely N-dealkylation sites (N-methyl/N-ethyl adjacent to an activating group) is 1. The van der Waals surface area contributed by atoms with E-state index in [9.17, 15) is 19.5 Å². The monoisotopic (exact) mass is 266 g/mol. The summed E-state index contributed by atoms with van der Waals surface area (Å²) in [6.45, 7) is 2.04. The van der Waals surface area contributed by atoms with Crippen molar-refractivity contribution in [2.75, 3.05) is 27.7 Å². The third-order valence-corrected chi connectivity index (χ3v) is 5.15. The Labute approximate surface area is 103 Å². The molecule has 1 saturated carbocycles. The van der Waals surface area contributed by atoms with Crippen molar-refractivity contribution in [2.45, 2.75) is 31.5 Å². The fourth-order valence-electron chi connectivity index (χ4n) is 2.96. The third kappa shape index (κ3) is 3.30. The Bertz CT molecular complexity index is 322. The van der Waals surface area contributed by atoms with Crippen LogP contribution < -0.4 is 0 Å². The second-order valence-corrected chi connectivity index (χ2v) is 8.25. The molecule has 1 aliphatic rings. The first kappa shape index (κ1) is 15.1. The second-order valence-electron chi connectivity index (χ2n) is 6.39. The summed E-state index contributed by atoms with van der Waals surface area (Å²) in [4.78, 5) is 19.1. The summed E-state index contributed by atoms with van der Waals surface area (Å²) in [5, 5.41) is 8.69. The van der Waals surface area contributed by atoms with Crippen LogP contribution in [0.5, 0.6) is 0 Å². The van der Waals surface area contributed by atoms with Gasteiger partial charge in [0.2, 0.25) is 5.34 Å². The van der Waals surface area contributed by atoms with E-state index < -0.39 is 12.9 Å². The maximum Gasteiger partial charge on any atom is 0.363 e. The molecular weight excluding hydrogens is 241 g/mol. The molecule has 1 fully saturated rings. The SMILES string of the molecule is C[C@H]1CCC[C@@H]1C(O)(C[N+](C)(C)C)P(=O)(O)O. The molecule has 1 rings (SSSR count). The molecule has 1 unspecified atom stereocenters. The Hall–Kier alpha value is 0.0700. The highest BCUT2D eigenvalue weighted by atomic mass is 31.2. The van der Waals surface area contributed by atoms with E-state index >= 15 is 0 Å². The molecule has 0 amide bonds. The number of nitrogens with zero attached hydrogens (tertiary/aromatic N) is 1. The van der Waals surface area contributed by atoms with E-state index in [0.717, 1.165) is 12.8 Å². The van der Waals surface area contributed by atoms with Crippen molar-refractivity contribution in [3.63, 3.8) is 0 Å². The normalized spacial score (nSPS) is 30.3. The molecule has 5 nitrogen and oxygen atoms in total. The summed E-state index contributed by atoms with van der Waals surface area (Å²) in [6, 6.07) is 0. The van der Waals surface area contributed by atoms with Gasteiger partial charge in [0.15, 0.2) is 0 Å². The predicted molar refractivity (Wildman–Crippen MR) is 66.4 cm³/mol. The molecule has 3 N–H and O–H groups in total. The lowest BCUT2D eigenvalue weighted by atomic mass is 9.91. The summed E-state index contributed by atoms with van der Waals surface area (Å²) >= 11 is 0. The van der Waals surface area contributed by atoms with Gasteiger partial charge in [-0.2, -0.15) is 0 Å². The Kier molecular flexibility index (Phi) is 4.12. The highest BCUT2D eigenvalue weighted by Gasteiger charge is 2.57. The van der Waals surface area contributed by atoms with E-state index in [1.807, 2.05) is 28.1 Å². The van der Waals surface area contributed by atoms with Gasteiger partial charge < -0.3 is 19.4 Å². The minimum Gasteiger partial charge on any atom is -0.373 e. The average Bonchev–Trinajstić information content (AvgIpc) is 2.46. The molecule has 3 atom stereocenters. The molecule has 0 bridgehead atoms. The van der Waals surface area contributed by atoms with Gasteiger partial charge in [-0.15, -0.1) is 0 Å². The fourth-order valence-corrected chi connectivity index (χ4v) is 4.38. The summed E-state index contributed by atoms with van der Waals surface area (Å²) in [5.41, 5.74) is 0. The van der Waals surface area contributed by atoms with Crippen LogP contribution in [0.1, 0.15) is 26.2 Å². The van der Waals surface area contributed by atoms with Crippen LogP contribution in [0.15, 0.2) is 0 Å². The average molecular weight is 266 g/mol. The molecule has 6 heteroatoms. The van der Waals surface area contributed by atoms with Crippen molar-refractivity contribution in [1.82, 2.24) is 0 Å². The van der Waals surface area contributed by atoms with E-state index in [0.29, 0.717) is 10.9 Å². The van der Waals surface area contributed by atoms with Gasteiger partial charge in [-0.3, -0.25) is 4.57 Å². The summed E-state index contributed by atoms with van der Waals surface area (Å²) in [5.74, 6) is -0.139. The molecule has 1 aliphatic carbocycles. The number of quaternary nitrogens is 1. The van der Waals surface area contributed by atoms with Crippen LogP contribution in [0, 0.1) is 11.8 Å². The van der Waals surface area contributed by atoms with Gasteiger partial charge in [-0.05, 0) is 12.3 Å². The third-order valence-electron chi connectivity index (χ3n) is 3.67. The maximum atomic E-state index is 11.7. The number of aliphatic hydroxyl groups is 1. The molecular formula is C11H25NO4P+. The van der Waals surface area contributed by atoms with Crippen LogP contribution in [0.3, 0.4) is 0 Å². The van der Waals surface area contributed by atoms with Gasteiger partial charge in [-0.1, -0.05) is 19.8 Å². The molecule has 0 aromatic heterocycles. The van der Waals surface area contributed by atoms with E-state index in [1.165, 1.54) is 0 Å². The Morgan fingerprint density at radius 3 is 2.12 bits per heavy atom. The standard InChI is InChI=1S/C11H24NO4P/c1-9-6-5-7-10(9)11(13,17(14,15)16)8-12(2,3)4/h9-10,13H,5-8H2,1-4H3,(H-,14,15,16)/p+1/t9-,10-,11?/m0/s1. The number of hydrogen-bond donors (Lipinski definition) is 3. The van der Waals surface area contributed by atoms with Crippen LogP contribution in [0.25, 0.3) is 0 Å². The summed E-state index contributed by atoms with van der Waals surface area (Å²) in [6.07, 6.45) is 2.57. The topological polar surface area (TPSA) is 77.8 Å². The fraction of sp³-hybridized carbons (Fsp3) is 1.00. The van der Waals surface area contributed by atoms with E-state index in [1.54, 1.807) is 0 Å². The van der Waals surface area contributed by atoms with Gasteiger partial charge in [0, 0.05) is 5.92 Å². The van der Waals surface area contributed by atoms with Gasteiger partial charge in [0.05, 0.1) is 21.1 Å². The van der Waals surface area contributed by atoms with Gasteiger partial charge in [0.1, 0.15) is 6.54 Å². The van der Waals surface area contributed by atoms with Crippen LogP contribution >= 0.6 is 7.60 Å². The molecule has 0 aromatic rings.